The van der Waals surface area contributed by atoms with Crippen LogP contribution in [0.2, 0.25) is 0 Å². The van der Waals surface area contributed by atoms with E-state index >= 15 is 0 Å². The number of carbonyl (C=O) groups excluding carboxylic acids is 2. The second-order valence-corrected chi connectivity index (χ2v) is 9.70. The third-order valence-electron chi connectivity index (χ3n) is 6.79. The summed E-state index contributed by atoms with van der Waals surface area (Å²) in [5.41, 5.74) is 3.22. The molecule has 3 aromatic rings. The maximum absolute atomic E-state index is 13.4. The van der Waals surface area contributed by atoms with Crippen molar-refractivity contribution in [1.82, 2.24) is 14.3 Å². The number of nitrogens with zero attached hydrogens (tertiary/aromatic N) is 4. The minimum absolute atomic E-state index is 0.0227. The number of benzene rings is 1. The standard InChI is InChI=1S/C25H29N5O3S/c1-16-21-22(20(15-26-24(21)34-28-16)25(32)30-10-3-4-11-30)29-12-8-17(9-13-29)23(31)27-18-6-5-7-19(14-18)33-2/h5-7,14-15,17H,3-4,8-13H2,1-2H3,(H,27,31). The summed E-state index contributed by atoms with van der Waals surface area (Å²) in [7, 11) is 1.61. The molecule has 0 unspecified atom stereocenters. The van der Waals surface area contributed by atoms with Crippen molar-refractivity contribution in [2.45, 2.75) is 32.6 Å². The average molecular weight is 480 g/mol. The van der Waals surface area contributed by atoms with Crippen molar-refractivity contribution in [3.8, 4) is 5.75 Å². The van der Waals surface area contributed by atoms with E-state index in [1.165, 1.54) is 11.5 Å². The van der Waals surface area contributed by atoms with Gasteiger partial charge in [-0.2, -0.15) is 4.37 Å². The molecular weight excluding hydrogens is 450 g/mol. The molecule has 9 heteroatoms. The Morgan fingerprint density at radius 3 is 2.65 bits per heavy atom. The predicted octanol–water partition coefficient (Wildman–Crippen LogP) is 4.10. The fourth-order valence-electron chi connectivity index (χ4n) is 4.92. The van der Waals surface area contributed by atoms with Gasteiger partial charge in [0.1, 0.15) is 10.6 Å². The fourth-order valence-corrected chi connectivity index (χ4v) is 5.67. The second kappa shape index (κ2) is 9.58. The molecule has 2 aromatic heterocycles. The van der Waals surface area contributed by atoms with Gasteiger partial charge in [0.2, 0.25) is 5.91 Å². The Morgan fingerprint density at radius 1 is 1.15 bits per heavy atom. The van der Waals surface area contributed by atoms with Crippen LogP contribution >= 0.6 is 11.5 Å². The number of hydrogen-bond donors (Lipinski definition) is 1. The number of nitrogens with one attached hydrogen (secondary N) is 1. The second-order valence-electron chi connectivity index (χ2n) is 8.95. The van der Waals surface area contributed by atoms with Crippen LogP contribution in [-0.2, 0) is 4.79 Å². The van der Waals surface area contributed by atoms with Gasteiger partial charge < -0.3 is 19.9 Å². The number of fused-ring (bicyclic) bond motifs is 1. The number of hydrogen-bond acceptors (Lipinski definition) is 7. The number of methoxy groups -OCH3 is 1. The Balaban J connectivity index is 1.36. The molecule has 2 aliphatic rings. The number of piperidine rings is 1. The smallest absolute Gasteiger partial charge is 0.257 e. The average Bonchev–Trinajstić information content (AvgIpc) is 3.54. The molecule has 2 saturated heterocycles. The zero-order valence-corrected chi connectivity index (χ0v) is 20.4. The molecule has 0 saturated carbocycles. The molecule has 8 nitrogen and oxygen atoms in total. The highest BCUT2D eigenvalue weighted by molar-refractivity contribution is 7.13. The van der Waals surface area contributed by atoms with Crippen LogP contribution < -0.4 is 15.0 Å². The maximum Gasteiger partial charge on any atom is 0.257 e. The molecule has 2 aliphatic heterocycles. The maximum atomic E-state index is 13.4. The van der Waals surface area contributed by atoms with Crippen LogP contribution in [0.15, 0.2) is 30.5 Å². The minimum Gasteiger partial charge on any atom is -0.497 e. The molecule has 0 atom stereocenters. The molecule has 2 fully saturated rings. The third kappa shape index (κ3) is 4.32. The van der Waals surface area contributed by atoms with Gasteiger partial charge in [0.05, 0.1) is 29.4 Å². The Bertz CT molecular complexity index is 1210. The number of ether oxygens (including phenoxy) is 1. The van der Waals surface area contributed by atoms with E-state index in [2.05, 4.69) is 19.6 Å². The number of amides is 2. The summed E-state index contributed by atoms with van der Waals surface area (Å²) in [5, 5.41) is 3.99. The van der Waals surface area contributed by atoms with Crippen molar-refractivity contribution in [3.05, 3.63) is 41.7 Å². The van der Waals surface area contributed by atoms with Gasteiger partial charge in [-0.05, 0) is 56.3 Å². The van der Waals surface area contributed by atoms with E-state index in [0.29, 0.717) is 37.2 Å². The van der Waals surface area contributed by atoms with Crippen LogP contribution in [0.4, 0.5) is 11.4 Å². The van der Waals surface area contributed by atoms with Crippen molar-refractivity contribution >= 4 is 44.9 Å². The van der Waals surface area contributed by atoms with Crippen LogP contribution in [0.3, 0.4) is 0 Å². The van der Waals surface area contributed by atoms with Gasteiger partial charge in [-0.15, -0.1) is 0 Å². The molecule has 2 amide bonds. The Kier molecular flexibility index (Phi) is 6.36. The quantitative estimate of drug-likeness (QED) is 0.593. The van der Waals surface area contributed by atoms with Crippen molar-refractivity contribution in [2.75, 3.05) is 43.5 Å². The molecule has 4 heterocycles. The summed E-state index contributed by atoms with van der Waals surface area (Å²) in [6.07, 6.45) is 5.24. The molecule has 0 radical (unpaired) electrons. The Labute approximate surface area is 203 Å². The summed E-state index contributed by atoms with van der Waals surface area (Å²) in [5.74, 6) is 0.698. The highest BCUT2D eigenvalue weighted by Crippen LogP contribution is 2.37. The number of anilines is 2. The number of pyridine rings is 1. The highest BCUT2D eigenvalue weighted by Gasteiger charge is 2.31. The van der Waals surface area contributed by atoms with E-state index in [1.807, 2.05) is 36.1 Å². The van der Waals surface area contributed by atoms with E-state index in [0.717, 1.165) is 53.2 Å². The Hall–Kier alpha value is -3.20. The van der Waals surface area contributed by atoms with Gasteiger partial charge in [-0.1, -0.05) is 6.07 Å². The highest BCUT2D eigenvalue weighted by atomic mass is 32.1. The number of carbonyl (C=O) groups is 2. The zero-order chi connectivity index (χ0) is 23.7. The number of aryl methyl sites for hydroxylation is 1. The van der Waals surface area contributed by atoms with Crippen molar-refractivity contribution < 1.29 is 14.3 Å². The van der Waals surface area contributed by atoms with Crippen molar-refractivity contribution in [1.29, 1.82) is 0 Å². The fraction of sp³-hybridized carbons (Fsp3) is 0.440. The van der Waals surface area contributed by atoms with Gasteiger partial charge in [0, 0.05) is 50.0 Å². The van der Waals surface area contributed by atoms with Crippen LogP contribution in [0.1, 0.15) is 41.7 Å². The summed E-state index contributed by atoms with van der Waals surface area (Å²) in [6.45, 7) is 4.96. The topological polar surface area (TPSA) is 87.7 Å². The van der Waals surface area contributed by atoms with Gasteiger partial charge in [0.15, 0.2) is 0 Å². The first-order chi connectivity index (χ1) is 16.5. The summed E-state index contributed by atoms with van der Waals surface area (Å²) in [4.78, 5) is 35.9. The van der Waals surface area contributed by atoms with E-state index < -0.39 is 0 Å². The van der Waals surface area contributed by atoms with Crippen molar-refractivity contribution in [3.63, 3.8) is 0 Å². The van der Waals surface area contributed by atoms with Crippen LogP contribution in [-0.4, -0.2) is 59.4 Å². The SMILES string of the molecule is COc1cccc(NC(=O)C2CCN(c3c(C(=O)N4CCCC4)cnc4snc(C)c34)CC2)c1. The number of likely N-dealkylation sites (tertiary alicyclic amines) is 1. The lowest BCUT2D eigenvalue weighted by molar-refractivity contribution is -0.120. The minimum atomic E-state index is -0.0841. The first-order valence-electron chi connectivity index (χ1n) is 11.8. The molecule has 0 bridgehead atoms. The van der Waals surface area contributed by atoms with E-state index in [1.54, 1.807) is 13.3 Å². The molecular formula is C25H29N5O3S. The number of rotatable bonds is 5. The molecule has 0 spiro atoms. The molecule has 178 valence electrons. The largest absolute Gasteiger partial charge is 0.497 e. The lowest BCUT2D eigenvalue weighted by Gasteiger charge is -2.34. The van der Waals surface area contributed by atoms with Gasteiger partial charge in [0.25, 0.3) is 5.91 Å². The summed E-state index contributed by atoms with van der Waals surface area (Å²) < 4.78 is 9.76. The third-order valence-corrected chi connectivity index (χ3v) is 7.64. The van der Waals surface area contributed by atoms with Gasteiger partial charge >= 0.3 is 0 Å². The normalized spacial score (nSPS) is 16.8. The molecule has 5 rings (SSSR count). The van der Waals surface area contributed by atoms with Crippen LogP contribution in [0.25, 0.3) is 10.2 Å². The summed E-state index contributed by atoms with van der Waals surface area (Å²) >= 11 is 1.37. The zero-order valence-electron chi connectivity index (χ0n) is 19.5. The summed E-state index contributed by atoms with van der Waals surface area (Å²) in [6, 6.07) is 7.41. The first kappa shape index (κ1) is 22.6. The Morgan fingerprint density at radius 2 is 1.91 bits per heavy atom. The van der Waals surface area contributed by atoms with Gasteiger partial charge in [-0.25, -0.2) is 4.98 Å². The lowest BCUT2D eigenvalue weighted by atomic mass is 9.94. The molecule has 1 N–H and O–H groups in total. The molecule has 1 aromatic carbocycles. The number of aromatic nitrogens is 2. The predicted molar refractivity (Wildman–Crippen MR) is 134 cm³/mol. The molecule has 0 aliphatic carbocycles. The molecule has 34 heavy (non-hydrogen) atoms. The van der Waals surface area contributed by atoms with Crippen LogP contribution in [0.5, 0.6) is 5.75 Å². The first-order valence-corrected chi connectivity index (χ1v) is 12.6. The van der Waals surface area contributed by atoms with E-state index in [-0.39, 0.29) is 17.7 Å². The van der Waals surface area contributed by atoms with E-state index in [4.69, 9.17) is 4.74 Å². The monoisotopic (exact) mass is 479 g/mol. The van der Waals surface area contributed by atoms with Crippen LogP contribution in [0, 0.1) is 12.8 Å². The lowest BCUT2D eigenvalue weighted by Crippen LogP contribution is -2.39. The van der Waals surface area contributed by atoms with E-state index in [9.17, 15) is 9.59 Å². The van der Waals surface area contributed by atoms with Crippen molar-refractivity contribution in [2.24, 2.45) is 5.92 Å². The van der Waals surface area contributed by atoms with Gasteiger partial charge in [-0.3, -0.25) is 9.59 Å².